The Morgan fingerprint density at radius 3 is 2.48 bits per heavy atom. The number of carbonyl (C=O) groups excluding carboxylic acids is 1. The maximum Gasteiger partial charge on any atom is 0.305 e. The van der Waals surface area contributed by atoms with Gasteiger partial charge in [-0.25, -0.2) is 8.42 Å². The molecule has 1 unspecified atom stereocenters. The summed E-state index contributed by atoms with van der Waals surface area (Å²) in [5.41, 5.74) is 0. The van der Waals surface area contributed by atoms with Crippen LogP contribution in [0.2, 0.25) is 0 Å². The molecule has 1 aromatic rings. The molecule has 9 heteroatoms. The summed E-state index contributed by atoms with van der Waals surface area (Å²) >= 11 is 1.49. The largest absolute Gasteiger partial charge is 0.481 e. The number of thioether (sulfide) groups is 1. The Morgan fingerprint density at radius 1 is 1.26 bits per heavy atom. The summed E-state index contributed by atoms with van der Waals surface area (Å²) < 4.78 is 27.0. The van der Waals surface area contributed by atoms with Crippen molar-refractivity contribution in [1.29, 1.82) is 0 Å². The Kier molecular flexibility index (Phi) is 8.07. The fraction of sp³-hybridized carbons (Fsp3) is 0.429. The monoisotopic (exact) mass is 360 g/mol. The Labute approximate surface area is 139 Å². The van der Waals surface area contributed by atoms with Crippen LogP contribution in [0, 0.1) is 0 Å². The third-order valence-corrected chi connectivity index (χ3v) is 5.05. The zero-order chi connectivity index (χ0) is 17.3. The van der Waals surface area contributed by atoms with Crippen molar-refractivity contribution >= 4 is 33.7 Å². The van der Waals surface area contributed by atoms with Crippen LogP contribution in [0.25, 0.3) is 0 Å². The molecule has 23 heavy (non-hydrogen) atoms. The predicted octanol–water partition coefficient (Wildman–Crippen LogP) is 0.678. The van der Waals surface area contributed by atoms with Gasteiger partial charge in [0.2, 0.25) is 15.9 Å². The molecule has 0 saturated heterocycles. The Morgan fingerprint density at radius 2 is 1.91 bits per heavy atom. The van der Waals surface area contributed by atoms with Crippen LogP contribution >= 0.6 is 11.8 Å². The maximum atomic E-state index is 12.3. The van der Waals surface area contributed by atoms with Crippen molar-refractivity contribution in [2.24, 2.45) is 0 Å². The predicted molar refractivity (Wildman–Crippen MR) is 88.8 cm³/mol. The van der Waals surface area contributed by atoms with Gasteiger partial charge in [0.1, 0.15) is 6.04 Å². The van der Waals surface area contributed by atoms with E-state index >= 15 is 0 Å². The van der Waals surface area contributed by atoms with Crippen LogP contribution in [-0.2, 0) is 19.6 Å². The van der Waals surface area contributed by atoms with E-state index in [1.807, 2.05) is 6.26 Å². The molecule has 0 spiro atoms. The van der Waals surface area contributed by atoms with Crippen LogP contribution in [0.4, 0.5) is 0 Å². The highest BCUT2D eigenvalue weighted by atomic mass is 32.2. The van der Waals surface area contributed by atoms with E-state index in [9.17, 15) is 18.0 Å². The molecule has 0 saturated carbocycles. The van der Waals surface area contributed by atoms with Crippen LogP contribution in [0.15, 0.2) is 35.2 Å². The number of nitrogens with one attached hydrogen (secondary N) is 2. The molecule has 1 rings (SSSR count). The molecule has 1 atom stereocenters. The molecule has 0 aromatic heterocycles. The molecular formula is C14H20N2O5S2. The summed E-state index contributed by atoms with van der Waals surface area (Å²) in [5.74, 6) is -0.968. The van der Waals surface area contributed by atoms with Gasteiger partial charge in [-0.05, 0) is 30.6 Å². The highest BCUT2D eigenvalue weighted by molar-refractivity contribution is 7.98. The Bertz CT molecular complexity index is 619. The average Bonchev–Trinajstić information content (AvgIpc) is 2.51. The van der Waals surface area contributed by atoms with Crippen molar-refractivity contribution < 1.29 is 23.1 Å². The van der Waals surface area contributed by atoms with Crippen molar-refractivity contribution in [3.63, 3.8) is 0 Å². The van der Waals surface area contributed by atoms with Gasteiger partial charge in [0.05, 0.1) is 11.3 Å². The molecule has 0 aliphatic heterocycles. The standard InChI is InChI=1S/C14H20N2O5S2/c1-22-10-8-12(14(19)15-9-7-13(17)18)16-23(20,21)11-5-3-2-4-6-11/h2-6,12,16H,7-10H2,1H3,(H,15,19)(H,17,18). The second kappa shape index (κ2) is 9.53. The minimum absolute atomic E-state index is 0.0446. The van der Waals surface area contributed by atoms with Crippen molar-refractivity contribution in [1.82, 2.24) is 10.0 Å². The Hall–Kier alpha value is -1.58. The number of rotatable bonds is 10. The van der Waals surface area contributed by atoms with Crippen molar-refractivity contribution in [3.8, 4) is 0 Å². The first-order chi connectivity index (χ1) is 10.9. The first kappa shape index (κ1) is 19.5. The van der Waals surface area contributed by atoms with Gasteiger partial charge < -0.3 is 10.4 Å². The van der Waals surface area contributed by atoms with E-state index in [2.05, 4.69) is 10.0 Å². The Balaban J connectivity index is 2.77. The van der Waals surface area contributed by atoms with Crippen LogP contribution in [-0.4, -0.2) is 50.0 Å². The van der Waals surface area contributed by atoms with Crippen molar-refractivity contribution in [2.75, 3.05) is 18.6 Å². The van der Waals surface area contributed by atoms with E-state index in [0.717, 1.165) is 0 Å². The molecule has 128 valence electrons. The molecule has 0 bridgehead atoms. The molecule has 0 heterocycles. The summed E-state index contributed by atoms with van der Waals surface area (Å²) in [6.45, 7) is -0.0446. The van der Waals surface area contributed by atoms with E-state index in [4.69, 9.17) is 5.11 Å². The molecule has 1 aromatic carbocycles. The molecule has 7 nitrogen and oxygen atoms in total. The van der Waals surface area contributed by atoms with Gasteiger partial charge in [-0.2, -0.15) is 16.5 Å². The number of hydrogen-bond donors (Lipinski definition) is 3. The molecule has 1 amide bonds. The average molecular weight is 360 g/mol. The van der Waals surface area contributed by atoms with E-state index in [-0.39, 0.29) is 17.9 Å². The zero-order valence-corrected chi connectivity index (χ0v) is 14.3. The molecular weight excluding hydrogens is 340 g/mol. The van der Waals surface area contributed by atoms with Gasteiger partial charge in [0.15, 0.2) is 0 Å². The molecule has 0 radical (unpaired) electrons. The fourth-order valence-corrected chi connectivity index (χ4v) is 3.47. The second-order valence-electron chi connectivity index (χ2n) is 4.70. The summed E-state index contributed by atoms with van der Waals surface area (Å²) in [6.07, 6.45) is 1.95. The lowest BCUT2D eigenvalue weighted by atomic mass is 10.2. The lowest BCUT2D eigenvalue weighted by molar-refractivity contribution is -0.137. The fourth-order valence-electron chi connectivity index (χ4n) is 1.75. The first-order valence-electron chi connectivity index (χ1n) is 6.92. The number of hydrogen-bond acceptors (Lipinski definition) is 5. The van der Waals surface area contributed by atoms with E-state index < -0.39 is 27.9 Å². The smallest absolute Gasteiger partial charge is 0.305 e. The second-order valence-corrected chi connectivity index (χ2v) is 7.40. The number of amides is 1. The summed E-state index contributed by atoms with van der Waals surface area (Å²) in [6, 6.07) is 6.83. The highest BCUT2D eigenvalue weighted by Crippen LogP contribution is 2.10. The van der Waals surface area contributed by atoms with Crippen LogP contribution in [0.5, 0.6) is 0 Å². The third kappa shape index (κ3) is 7.02. The lowest BCUT2D eigenvalue weighted by Gasteiger charge is -2.18. The van der Waals surface area contributed by atoms with E-state index in [0.29, 0.717) is 12.2 Å². The first-order valence-corrected chi connectivity index (χ1v) is 9.80. The van der Waals surface area contributed by atoms with Crippen LogP contribution in [0.1, 0.15) is 12.8 Å². The van der Waals surface area contributed by atoms with E-state index in [1.165, 1.54) is 23.9 Å². The topological polar surface area (TPSA) is 113 Å². The number of sulfonamides is 1. The summed E-state index contributed by atoms with van der Waals surface area (Å²) in [7, 11) is -3.81. The van der Waals surface area contributed by atoms with Crippen molar-refractivity contribution in [2.45, 2.75) is 23.8 Å². The normalized spacial score (nSPS) is 12.6. The van der Waals surface area contributed by atoms with E-state index in [1.54, 1.807) is 18.2 Å². The highest BCUT2D eigenvalue weighted by Gasteiger charge is 2.25. The quantitative estimate of drug-likeness (QED) is 0.565. The number of carboxylic acids is 1. The number of aliphatic carboxylic acids is 1. The zero-order valence-electron chi connectivity index (χ0n) is 12.7. The number of carbonyl (C=O) groups is 2. The van der Waals surface area contributed by atoms with Gasteiger partial charge in [-0.3, -0.25) is 9.59 Å². The van der Waals surface area contributed by atoms with Crippen molar-refractivity contribution in [3.05, 3.63) is 30.3 Å². The van der Waals surface area contributed by atoms with Crippen LogP contribution in [0.3, 0.4) is 0 Å². The van der Waals surface area contributed by atoms with Gasteiger partial charge in [-0.1, -0.05) is 18.2 Å². The minimum atomic E-state index is -3.81. The molecule has 3 N–H and O–H groups in total. The van der Waals surface area contributed by atoms with Gasteiger partial charge >= 0.3 is 5.97 Å². The van der Waals surface area contributed by atoms with Crippen LogP contribution < -0.4 is 10.0 Å². The number of carboxylic acid groups (broad SMARTS) is 1. The molecule has 0 aliphatic carbocycles. The van der Waals surface area contributed by atoms with Gasteiger partial charge in [-0.15, -0.1) is 0 Å². The number of benzene rings is 1. The SMILES string of the molecule is CSCCC(NS(=O)(=O)c1ccccc1)C(=O)NCCC(=O)O. The minimum Gasteiger partial charge on any atom is -0.481 e. The third-order valence-electron chi connectivity index (χ3n) is 2.92. The summed E-state index contributed by atoms with van der Waals surface area (Å²) in [4.78, 5) is 22.6. The summed E-state index contributed by atoms with van der Waals surface area (Å²) in [5, 5.41) is 11.0. The molecule has 0 fully saturated rings. The van der Waals surface area contributed by atoms with Gasteiger partial charge in [0.25, 0.3) is 0 Å². The van der Waals surface area contributed by atoms with Gasteiger partial charge in [0, 0.05) is 6.54 Å². The molecule has 0 aliphatic rings. The lowest BCUT2D eigenvalue weighted by Crippen LogP contribution is -2.47. The maximum absolute atomic E-state index is 12.3.